The molecule has 12 heteroatoms. The Morgan fingerprint density at radius 2 is 1.92 bits per heavy atom. The number of hydrogen-bond donors (Lipinski definition) is 1. The van der Waals surface area contributed by atoms with Crippen LogP contribution in [-0.4, -0.2) is 58.7 Å². The fourth-order valence-corrected chi connectivity index (χ4v) is 7.44. The molecule has 0 saturated carbocycles. The third-order valence-electron chi connectivity index (χ3n) is 7.83. The van der Waals surface area contributed by atoms with Crippen LogP contribution >= 0.6 is 34.5 Å². The van der Waals surface area contributed by atoms with Crippen molar-refractivity contribution in [2.24, 2.45) is 0 Å². The maximum atomic E-state index is 11.7. The van der Waals surface area contributed by atoms with Crippen LogP contribution in [0.25, 0.3) is 11.0 Å². The highest BCUT2D eigenvalue weighted by Crippen LogP contribution is 2.48. The van der Waals surface area contributed by atoms with Crippen LogP contribution in [0.1, 0.15) is 57.4 Å². The average Bonchev–Trinajstić information content (AvgIpc) is 3.54. The van der Waals surface area contributed by atoms with Crippen LogP contribution in [0.5, 0.6) is 0 Å². The number of hydrogen-bond acceptors (Lipinski definition) is 8. The van der Waals surface area contributed by atoms with E-state index in [1.165, 1.54) is 17.7 Å². The Kier molecular flexibility index (Phi) is 7.54. The lowest BCUT2D eigenvalue weighted by Crippen LogP contribution is -2.41. The average molecular weight is 601 g/mol. The molecule has 5 heterocycles. The van der Waals surface area contributed by atoms with Crippen molar-refractivity contribution in [3.05, 3.63) is 44.6 Å². The van der Waals surface area contributed by atoms with E-state index in [-0.39, 0.29) is 5.04 Å². The predicted molar refractivity (Wildman–Crippen MR) is 151 cm³/mol. The van der Waals surface area contributed by atoms with Crippen molar-refractivity contribution in [1.29, 1.82) is 0 Å². The molecule has 1 unspecified atom stereocenters. The molecule has 2 aliphatic rings. The molecule has 0 bridgehead atoms. The molecule has 2 fully saturated rings. The molecule has 1 N–H and O–H groups in total. The van der Waals surface area contributed by atoms with Crippen molar-refractivity contribution >= 4 is 53.9 Å². The zero-order valence-electron chi connectivity index (χ0n) is 22.7. The predicted octanol–water partition coefficient (Wildman–Crippen LogP) is 6.52. The lowest BCUT2D eigenvalue weighted by atomic mass is 10.0. The largest absolute Gasteiger partial charge is 0.416 e. The Balaban J connectivity index is 1.41. The summed E-state index contributed by atoms with van der Waals surface area (Å²) in [5.74, 6) is -0.835. The third kappa shape index (κ3) is 5.20. The maximum absolute atomic E-state index is 11.7. The van der Waals surface area contributed by atoms with E-state index < -0.39 is 44.7 Å². The number of halogens is 2. The topological polar surface area (TPSA) is 87.9 Å². The van der Waals surface area contributed by atoms with Crippen LogP contribution in [0, 0.1) is 0 Å². The smallest absolute Gasteiger partial charge is 0.191 e. The molecule has 3 aromatic heterocycles. The fraction of sp³-hybridized carbons (Fsp3) is 0.615. The molecule has 3 aromatic rings. The second-order valence-corrected chi connectivity index (χ2v) is 18.8. The monoisotopic (exact) mass is 599 g/mol. The number of thiophene rings is 1. The van der Waals surface area contributed by atoms with Crippen molar-refractivity contribution < 1.29 is 23.7 Å². The summed E-state index contributed by atoms with van der Waals surface area (Å²) in [5.41, 5.74) is 1.58. The summed E-state index contributed by atoms with van der Waals surface area (Å²) in [6, 6.07) is 3.76. The van der Waals surface area contributed by atoms with E-state index >= 15 is 0 Å². The molecule has 0 amide bonds. The van der Waals surface area contributed by atoms with E-state index in [4.69, 9.17) is 41.8 Å². The third-order valence-corrected chi connectivity index (χ3v) is 14.0. The van der Waals surface area contributed by atoms with Gasteiger partial charge in [-0.1, -0.05) is 44.0 Å². The van der Waals surface area contributed by atoms with E-state index in [0.29, 0.717) is 33.6 Å². The van der Waals surface area contributed by atoms with Gasteiger partial charge in [-0.25, -0.2) is 9.97 Å². The molecule has 2 aliphatic heterocycles. The number of ether oxygens (including phenoxy) is 3. The minimum Gasteiger partial charge on any atom is -0.416 e. The van der Waals surface area contributed by atoms with Crippen LogP contribution in [0.3, 0.4) is 0 Å². The first-order valence-electron chi connectivity index (χ1n) is 12.8. The van der Waals surface area contributed by atoms with Crippen molar-refractivity contribution in [3.8, 4) is 0 Å². The number of aliphatic hydroxyl groups is 1. The van der Waals surface area contributed by atoms with Gasteiger partial charge in [-0.05, 0) is 56.1 Å². The highest BCUT2D eigenvalue weighted by Gasteiger charge is 2.58. The van der Waals surface area contributed by atoms with E-state index in [2.05, 4.69) is 43.8 Å². The minimum absolute atomic E-state index is 0.119. The van der Waals surface area contributed by atoms with Gasteiger partial charge in [0.25, 0.3) is 0 Å². The van der Waals surface area contributed by atoms with Crippen LogP contribution in [0.15, 0.2) is 24.7 Å². The first kappa shape index (κ1) is 28.4. The summed E-state index contributed by atoms with van der Waals surface area (Å²) in [4.78, 5) is 9.24. The quantitative estimate of drug-likeness (QED) is 0.244. The molecular weight excluding hydrogens is 565 g/mol. The SMILES string of the molecule is CC1(C)O[C@@H]2[C@H](O1)[C@@H](C(O)c1sc(Cl)cc1CCO[Si](C)(C)C(C)(C)C)O[C@H]2n1ccc2c(Cl)ncnc21. The molecule has 0 aliphatic carbocycles. The Morgan fingerprint density at radius 3 is 2.63 bits per heavy atom. The van der Waals surface area contributed by atoms with Gasteiger partial charge in [0.1, 0.15) is 41.5 Å². The molecule has 208 valence electrons. The second kappa shape index (κ2) is 10.1. The number of aliphatic hydroxyl groups excluding tert-OH is 1. The zero-order chi connectivity index (χ0) is 27.6. The summed E-state index contributed by atoms with van der Waals surface area (Å²) in [5, 5.41) is 12.9. The fourth-order valence-electron chi connectivity index (χ4n) is 4.87. The Bertz CT molecular complexity index is 1320. The zero-order valence-corrected chi connectivity index (χ0v) is 26.0. The van der Waals surface area contributed by atoms with Gasteiger partial charge in [0, 0.05) is 17.7 Å². The number of rotatable bonds is 7. The molecule has 0 aromatic carbocycles. The second-order valence-electron chi connectivity index (χ2n) is 11.9. The number of aromatic nitrogens is 3. The molecule has 5 atom stereocenters. The normalized spacial score (nSPS) is 26.3. The van der Waals surface area contributed by atoms with Gasteiger partial charge >= 0.3 is 0 Å². The minimum atomic E-state index is -1.90. The molecule has 0 spiro atoms. The van der Waals surface area contributed by atoms with Gasteiger partial charge < -0.3 is 28.3 Å². The summed E-state index contributed by atoms with van der Waals surface area (Å²) < 4.78 is 27.9. The molecular formula is C26H35Cl2N3O5SSi. The molecule has 2 saturated heterocycles. The maximum Gasteiger partial charge on any atom is 0.191 e. The molecule has 5 rings (SSSR count). The molecule has 0 radical (unpaired) electrons. The lowest BCUT2D eigenvalue weighted by molar-refractivity contribution is -0.207. The van der Waals surface area contributed by atoms with E-state index in [0.717, 1.165) is 10.4 Å². The highest BCUT2D eigenvalue weighted by molar-refractivity contribution is 7.16. The van der Waals surface area contributed by atoms with Crippen LogP contribution in [0.4, 0.5) is 0 Å². The summed E-state index contributed by atoms with van der Waals surface area (Å²) >= 11 is 14.1. The van der Waals surface area contributed by atoms with Gasteiger partial charge in [-0.3, -0.25) is 0 Å². The Morgan fingerprint density at radius 1 is 1.21 bits per heavy atom. The van der Waals surface area contributed by atoms with Crippen molar-refractivity contribution in [2.75, 3.05) is 6.61 Å². The standard InChI is InChI=1S/C26H35Cl2N3O5SSi/c1-25(2,3)38(6,7)33-11-9-14-12-16(27)37-21(14)17(32)18-19-20(36-26(4,5)35-19)24(34-18)31-10-8-15-22(28)29-13-30-23(15)31/h8,10,12-13,17-20,24,32H,9,11H2,1-7H3/t17?,18-,19-,20-,24-/m1/s1. The van der Waals surface area contributed by atoms with Crippen LogP contribution in [-0.2, 0) is 25.1 Å². The van der Waals surface area contributed by atoms with Gasteiger partial charge in [0.05, 0.1) is 9.72 Å². The summed E-state index contributed by atoms with van der Waals surface area (Å²) in [6.45, 7) is 15.4. The first-order valence-corrected chi connectivity index (χ1v) is 17.2. The van der Waals surface area contributed by atoms with Gasteiger partial charge in [-0.15, -0.1) is 11.3 Å². The highest BCUT2D eigenvalue weighted by atomic mass is 35.5. The van der Waals surface area contributed by atoms with Crippen LogP contribution in [0.2, 0.25) is 27.6 Å². The van der Waals surface area contributed by atoms with Crippen molar-refractivity contribution in [2.45, 2.75) is 95.6 Å². The number of nitrogens with zero attached hydrogens (tertiary/aromatic N) is 3. The molecule has 38 heavy (non-hydrogen) atoms. The van der Waals surface area contributed by atoms with Crippen LogP contribution < -0.4 is 0 Å². The van der Waals surface area contributed by atoms with E-state index in [1.807, 2.05) is 36.7 Å². The molecule has 8 nitrogen and oxygen atoms in total. The lowest BCUT2D eigenvalue weighted by Gasteiger charge is -2.36. The van der Waals surface area contributed by atoms with Crippen molar-refractivity contribution in [3.63, 3.8) is 0 Å². The number of fused-ring (bicyclic) bond motifs is 2. The van der Waals surface area contributed by atoms with Gasteiger partial charge in [-0.2, -0.15) is 0 Å². The first-order chi connectivity index (χ1) is 17.7. The summed E-state index contributed by atoms with van der Waals surface area (Å²) in [6.07, 6.45) is 0.718. The Labute approximate surface area is 238 Å². The van der Waals surface area contributed by atoms with Gasteiger partial charge in [0.15, 0.2) is 20.3 Å². The van der Waals surface area contributed by atoms with E-state index in [9.17, 15) is 5.11 Å². The Hall–Kier alpha value is -1.08. The summed E-state index contributed by atoms with van der Waals surface area (Å²) in [7, 11) is -1.90. The van der Waals surface area contributed by atoms with Gasteiger partial charge in [0.2, 0.25) is 0 Å². The van der Waals surface area contributed by atoms with E-state index in [1.54, 1.807) is 0 Å². The van der Waals surface area contributed by atoms with Crippen molar-refractivity contribution in [1.82, 2.24) is 14.5 Å².